The first-order valence-corrected chi connectivity index (χ1v) is 6.19. The Bertz CT molecular complexity index is 611. The van der Waals surface area contributed by atoms with Gasteiger partial charge in [-0.15, -0.1) is 0 Å². The van der Waals surface area contributed by atoms with Crippen molar-refractivity contribution in [1.82, 2.24) is 10.1 Å². The van der Waals surface area contributed by atoms with Crippen molar-refractivity contribution in [1.29, 1.82) is 0 Å². The first kappa shape index (κ1) is 15.5. The molecular formula is C13H14F3N3O2. The molecule has 3 N–H and O–H groups in total. The van der Waals surface area contributed by atoms with Crippen molar-refractivity contribution in [3.63, 3.8) is 0 Å². The lowest BCUT2D eigenvalue weighted by atomic mass is 10.1. The van der Waals surface area contributed by atoms with Crippen molar-refractivity contribution in [2.45, 2.75) is 31.7 Å². The highest BCUT2D eigenvalue weighted by atomic mass is 19.4. The summed E-state index contributed by atoms with van der Waals surface area (Å²) in [7, 11) is 0. The van der Waals surface area contributed by atoms with Crippen LogP contribution in [0.3, 0.4) is 0 Å². The minimum absolute atomic E-state index is 0.0481. The molecule has 0 aliphatic heterocycles. The fourth-order valence-corrected chi connectivity index (χ4v) is 1.72. The molecule has 0 saturated carbocycles. The molecule has 8 heteroatoms. The Morgan fingerprint density at radius 2 is 2.10 bits per heavy atom. The van der Waals surface area contributed by atoms with Crippen molar-refractivity contribution in [3.05, 3.63) is 47.1 Å². The van der Waals surface area contributed by atoms with E-state index in [1.807, 2.05) is 0 Å². The fraction of sp³-hybridized carbons (Fsp3) is 0.385. The van der Waals surface area contributed by atoms with Gasteiger partial charge in [-0.2, -0.15) is 18.2 Å². The lowest BCUT2D eigenvalue weighted by Crippen LogP contribution is -2.23. The number of rotatable bonds is 4. The second kappa shape index (κ2) is 5.82. The van der Waals surface area contributed by atoms with Crippen molar-refractivity contribution in [2.75, 3.05) is 0 Å². The molecule has 1 heterocycles. The molecule has 0 spiro atoms. The van der Waals surface area contributed by atoms with Crippen LogP contribution in [0.2, 0.25) is 0 Å². The Kier molecular flexibility index (Phi) is 4.29. The second-order valence-corrected chi connectivity index (χ2v) is 4.69. The van der Waals surface area contributed by atoms with Gasteiger partial charge in [-0.3, -0.25) is 0 Å². The van der Waals surface area contributed by atoms with Crippen LogP contribution >= 0.6 is 0 Å². The third-order valence-corrected chi connectivity index (χ3v) is 2.91. The third-order valence-electron chi connectivity index (χ3n) is 2.91. The maximum Gasteiger partial charge on any atom is 0.416 e. The summed E-state index contributed by atoms with van der Waals surface area (Å²) in [5.41, 5.74) is 5.30. The zero-order chi connectivity index (χ0) is 15.6. The monoisotopic (exact) mass is 301 g/mol. The van der Waals surface area contributed by atoms with E-state index in [0.717, 1.165) is 12.1 Å². The fourth-order valence-electron chi connectivity index (χ4n) is 1.72. The van der Waals surface area contributed by atoms with Crippen LogP contribution in [0, 0.1) is 0 Å². The van der Waals surface area contributed by atoms with E-state index in [1.54, 1.807) is 6.07 Å². The molecular weight excluding hydrogens is 287 g/mol. The Morgan fingerprint density at radius 1 is 1.38 bits per heavy atom. The quantitative estimate of drug-likeness (QED) is 0.903. The summed E-state index contributed by atoms with van der Waals surface area (Å²) in [6.07, 6.45) is -5.18. The molecule has 0 amide bonds. The van der Waals surface area contributed by atoms with Crippen molar-refractivity contribution in [2.24, 2.45) is 5.73 Å². The largest absolute Gasteiger partial charge is 0.416 e. The molecule has 21 heavy (non-hydrogen) atoms. The van der Waals surface area contributed by atoms with Gasteiger partial charge in [-0.05, 0) is 18.6 Å². The molecule has 2 unspecified atom stereocenters. The summed E-state index contributed by atoms with van der Waals surface area (Å²) in [6, 6.07) is 4.06. The van der Waals surface area contributed by atoms with Crippen LogP contribution < -0.4 is 5.73 Å². The van der Waals surface area contributed by atoms with Crippen LogP contribution in [0.5, 0.6) is 0 Å². The van der Waals surface area contributed by atoms with E-state index in [4.69, 9.17) is 10.3 Å². The predicted molar refractivity (Wildman–Crippen MR) is 67.2 cm³/mol. The Balaban J connectivity index is 2.16. The summed E-state index contributed by atoms with van der Waals surface area (Å²) in [5, 5.41) is 13.0. The number of aromatic nitrogens is 2. The zero-order valence-electron chi connectivity index (χ0n) is 11.1. The average Bonchev–Trinajstić information content (AvgIpc) is 2.85. The molecule has 5 nitrogen and oxygen atoms in total. The molecule has 0 fully saturated rings. The number of benzene rings is 1. The van der Waals surface area contributed by atoms with E-state index in [1.165, 1.54) is 13.0 Å². The summed E-state index contributed by atoms with van der Waals surface area (Å²) in [4.78, 5) is 3.97. The number of hydrogen-bond donors (Lipinski definition) is 2. The minimum atomic E-state index is -4.40. The second-order valence-electron chi connectivity index (χ2n) is 4.69. The van der Waals surface area contributed by atoms with E-state index in [-0.39, 0.29) is 18.1 Å². The van der Waals surface area contributed by atoms with Crippen LogP contribution in [-0.2, 0) is 12.6 Å². The number of nitrogens with two attached hydrogens (primary N) is 1. The number of halogens is 3. The van der Waals surface area contributed by atoms with Crippen molar-refractivity contribution < 1.29 is 22.8 Å². The highest BCUT2D eigenvalue weighted by Crippen LogP contribution is 2.29. The van der Waals surface area contributed by atoms with Gasteiger partial charge >= 0.3 is 6.18 Å². The topological polar surface area (TPSA) is 85.2 Å². The van der Waals surface area contributed by atoms with Crippen molar-refractivity contribution >= 4 is 0 Å². The van der Waals surface area contributed by atoms with Gasteiger partial charge in [0, 0.05) is 6.42 Å². The van der Waals surface area contributed by atoms with Gasteiger partial charge in [-0.1, -0.05) is 23.4 Å². The van der Waals surface area contributed by atoms with E-state index in [2.05, 4.69) is 10.1 Å². The molecule has 0 bridgehead atoms. The summed E-state index contributed by atoms with van der Waals surface area (Å²) >= 11 is 0. The molecule has 0 radical (unpaired) electrons. The summed E-state index contributed by atoms with van der Waals surface area (Å²) < 4.78 is 42.7. The molecule has 1 aromatic carbocycles. The van der Waals surface area contributed by atoms with Crippen molar-refractivity contribution in [3.8, 4) is 0 Å². The molecule has 114 valence electrons. The highest BCUT2D eigenvalue weighted by molar-refractivity contribution is 5.27. The molecule has 0 aliphatic rings. The average molecular weight is 301 g/mol. The molecule has 2 atom stereocenters. The molecule has 0 saturated heterocycles. The molecule has 1 aromatic heterocycles. The summed E-state index contributed by atoms with van der Waals surface area (Å²) in [6.45, 7) is 1.47. The van der Waals surface area contributed by atoms with Crippen LogP contribution in [0.15, 0.2) is 28.8 Å². The van der Waals surface area contributed by atoms with Gasteiger partial charge in [0.15, 0.2) is 5.82 Å². The van der Waals surface area contributed by atoms with E-state index in [9.17, 15) is 18.3 Å². The van der Waals surface area contributed by atoms with Gasteiger partial charge in [-0.25, -0.2) is 0 Å². The minimum Gasteiger partial charge on any atom is -0.391 e. The normalized spacial score (nSPS) is 15.0. The smallest absolute Gasteiger partial charge is 0.391 e. The van der Waals surface area contributed by atoms with Gasteiger partial charge in [0.1, 0.15) is 6.04 Å². The SMILES string of the molecule is CC(O)C(N)c1nc(Cc2cccc(C(F)(F)F)c2)no1. The van der Waals surface area contributed by atoms with Gasteiger partial charge in [0.2, 0.25) is 5.89 Å². The number of aliphatic hydroxyl groups excluding tert-OH is 1. The van der Waals surface area contributed by atoms with E-state index >= 15 is 0 Å². The Hall–Kier alpha value is -1.93. The van der Waals surface area contributed by atoms with Gasteiger partial charge in [0.25, 0.3) is 0 Å². The Labute approximate surface area is 118 Å². The van der Waals surface area contributed by atoms with Crippen LogP contribution in [0.25, 0.3) is 0 Å². The molecule has 0 aliphatic carbocycles. The maximum atomic E-state index is 12.6. The molecule has 2 rings (SSSR count). The highest BCUT2D eigenvalue weighted by Gasteiger charge is 2.30. The third kappa shape index (κ3) is 3.79. The van der Waals surface area contributed by atoms with E-state index in [0.29, 0.717) is 5.56 Å². The standard InChI is InChI=1S/C13H14F3N3O2/c1-7(20)11(17)12-18-10(19-21-12)6-8-3-2-4-9(5-8)13(14,15)16/h2-5,7,11,20H,6,17H2,1H3. The number of aliphatic hydroxyl groups is 1. The first-order valence-electron chi connectivity index (χ1n) is 6.19. The van der Waals surface area contributed by atoms with E-state index < -0.39 is 23.9 Å². The molecule has 2 aromatic rings. The number of alkyl halides is 3. The van der Waals surface area contributed by atoms with Crippen LogP contribution in [-0.4, -0.2) is 21.4 Å². The lowest BCUT2D eigenvalue weighted by Gasteiger charge is -2.08. The van der Waals surface area contributed by atoms with Gasteiger partial charge in [0.05, 0.1) is 11.7 Å². The lowest BCUT2D eigenvalue weighted by molar-refractivity contribution is -0.137. The van der Waals surface area contributed by atoms with Crippen LogP contribution in [0.1, 0.15) is 35.8 Å². The Morgan fingerprint density at radius 3 is 2.71 bits per heavy atom. The maximum absolute atomic E-state index is 12.6. The van der Waals surface area contributed by atoms with Crippen LogP contribution in [0.4, 0.5) is 13.2 Å². The number of nitrogens with zero attached hydrogens (tertiary/aromatic N) is 2. The summed E-state index contributed by atoms with van der Waals surface area (Å²) in [5.74, 6) is 0.257. The zero-order valence-corrected chi connectivity index (χ0v) is 11.1. The predicted octanol–water partition coefficient (Wildman–Crippen LogP) is 2.06. The number of hydrogen-bond acceptors (Lipinski definition) is 5. The first-order chi connectivity index (χ1) is 9.77. The van der Waals surface area contributed by atoms with Gasteiger partial charge < -0.3 is 15.4 Å².